The lowest BCUT2D eigenvalue weighted by molar-refractivity contribution is 0.121. The van der Waals surface area contributed by atoms with Gasteiger partial charge in [-0.25, -0.2) is 21.9 Å². The van der Waals surface area contributed by atoms with Crippen molar-refractivity contribution in [3.8, 4) is 0 Å². The highest BCUT2D eigenvalue weighted by Crippen LogP contribution is 2.08. The number of sulfonamides is 1. The number of aromatic nitrogens is 2. The first-order valence-corrected chi connectivity index (χ1v) is 6.36. The lowest BCUT2D eigenvalue weighted by atomic mass is 10.4. The molecule has 0 radical (unpaired) electrons. The monoisotopic (exact) mass is 268 g/mol. The zero-order valence-electron chi connectivity index (χ0n) is 9.18. The van der Waals surface area contributed by atoms with Gasteiger partial charge in [-0.3, -0.25) is 4.68 Å². The van der Waals surface area contributed by atoms with E-state index in [-0.39, 0.29) is 11.4 Å². The van der Waals surface area contributed by atoms with Crippen LogP contribution in [0.1, 0.15) is 6.92 Å². The van der Waals surface area contributed by atoms with Crippen molar-refractivity contribution < 1.29 is 17.2 Å². The van der Waals surface area contributed by atoms with Crippen LogP contribution in [0.3, 0.4) is 0 Å². The molecule has 1 atom stereocenters. The van der Waals surface area contributed by atoms with Crippen molar-refractivity contribution in [3.63, 3.8) is 0 Å². The Morgan fingerprint density at radius 3 is 2.76 bits per heavy atom. The van der Waals surface area contributed by atoms with Gasteiger partial charge in [0, 0.05) is 18.8 Å². The standard InChI is InChI=1S/C8H14F2N4O2S/c1-6(2-11)13-17(15,16)7-3-12-14(4-7)5-8(9)10/h3-4,6,8,13H,2,5,11H2,1H3/t6-/m0/s1. The molecular weight excluding hydrogens is 254 g/mol. The van der Waals surface area contributed by atoms with E-state index in [1.165, 1.54) is 0 Å². The predicted molar refractivity (Wildman–Crippen MR) is 57.1 cm³/mol. The molecule has 0 bridgehead atoms. The fourth-order valence-electron chi connectivity index (χ4n) is 1.11. The van der Waals surface area contributed by atoms with Gasteiger partial charge in [-0.1, -0.05) is 0 Å². The number of rotatable bonds is 6. The lowest BCUT2D eigenvalue weighted by Crippen LogP contribution is -2.37. The molecule has 0 unspecified atom stereocenters. The molecule has 1 aromatic heterocycles. The first-order chi connectivity index (χ1) is 7.85. The number of hydrogen-bond acceptors (Lipinski definition) is 4. The summed E-state index contributed by atoms with van der Waals surface area (Å²) in [6.07, 6.45) is -0.507. The third-order valence-electron chi connectivity index (χ3n) is 1.95. The molecule has 9 heteroatoms. The summed E-state index contributed by atoms with van der Waals surface area (Å²) in [5, 5.41) is 3.54. The molecule has 1 aromatic rings. The van der Waals surface area contributed by atoms with Crippen molar-refractivity contribution in [2.45, 2.75) is 30.8 Å². The highest BCUT2D eigenvalue weighted by atomic mass is 32.2. The molecule has 3 N–H and O–H groups in total. The zero-order chi connectivity index (χ0) is 13.1. The SMILES string of the molecule is C[C@@H](CN)NS(=O)(=O)c1cnn(CC(F)F)c1. The number of nitrogens with one attached hydrogen (secondary N) is 1. The average Bonchev–Trinajstić information content (AvgIpc) is 2.65. The van der Waals surface area contributed by atoms with Crippen LogP contribution < -0.4 is 10.5 Å². The highest BCUT2D eigenvalue weighted by Gasteiger charge is 2.19. The average molecular weight is 268 g/mol. The molecular formula is C8H14F2N4O2S. The molecule has 6 nitrogen and oxygen atoms in total. The Balaban J connectivity index is 2.82. The quantitative estimate of drug-likeness (QED) is 0.746. The Morgan fingerprint density at radius 2 is 2.24 bits per heavy atom. The molecule has 0 saturated carbocycles. The maximum absolute atomic E-state index is 12.0. The Hall–Kier alpha value is -1.06. The minimum atomic E-state index is -3.74. The van der Waals surface area contributed by atoms with Gasteiger partial charge in [-0.05, 0) is 6.92 Å². The van der Waals surface area contributed by atoms with E-state index in [0.29, 0.717) is 0 Å². The Bertz CT molecular complexity index is 460. The number of alkyl halides is 2. The number of nitrogens with zero attached hydrogens (tertiary/aromatic N) is 2. The summed E-state index contributed by atoms with van der Waals surface area (Å²) >= 11 is 0. The summed E-state index contributed by atoms with van der Waals surface area (Å²) in [5.41, 5.74) is 5.28. The van der Waals surface area contributed by atoms with Gasteiger partial charge in [0.15, 0.2) is 0 Å². The first kappa shape index (κ1) is 14.0. The van der Waals surface area contributed by atoms with E-state index in [4.69, 9.17) is 5.73 Å². The van der Waals surface area contributed by atoms with E-state index in [0.717, 1.165) is 17.1 Å². The van der Waals surface area contributed by atoms with E-state index in [9.17, 15) is 17.2 Å². The molecule has 0 aliphatic carbocycles. The second kappa shape index (κ2) is 5.52. The smallest absolute Gasteiger partial charge is 0.257 e. The van der Waals surface area contributed by atoms with Gasteiger partial charge < -0.3 is 5.73 Å². The summed E-state index contributed by atoms with van der Waals surface area (Å²) in [6.45, 7) is 1.10. The van der Waals surface area contributed by atoms with Crippen LogP contribution in [0.15, 0.2) is 17.3 Å². The number of nitrogens with two attached hydrogens (primary N) is 1. The van der Waals surface area contributed by atoms with Crippen molar-refractivity contribution in [2.75, 3.05) is 6.54 Å². The van der Waals surface area contributed by atoms with Crippen molar-refractivity contribution in [3.05, 3.63) is 12.4 Å². The Morgan fingerprint density at radius 1 is 1.59 bits per heavy atom. The van der Waals surface area contributed by atoms with Gasteiger partial charge in [-0.2, -0.15) is 5.10 Å². The molecule has 1 heterocycles. The predicted octanol–water partition coefficient (Wildman–Crippen LogP) is -0.226. The third-order valence-corrected chi connectivity index (χ3v) is 3.50. The molecule has 0 aliphatic heterocycles. The van der Waals surface area contributed by atoms with Crippen LogP contribution in [0.5, 0.6) is 0 Å². The van der Waals surface area contributed by atoms with Gasteiger partial charge in [-0.15, -0.1) is 0 Å². The molecule has 1 rings (SSSR count). The third kappa shape index (κ3) is 4.02. The van der Waals surface area contributed by atoms with E-state index in [1.54, 1.807) is 6.92 Å². The molecule has 0 aromatic carbocycles. The van der Waals surface area contributed by atoms with Gasteiger partial charge in [0.2, 0.25) is 10.0 Å². The molecule has 0 aliphatic rings. The maximum atomic E-state index is 12.0. The first-order valence-electron chi connectivity index (χ1n) is 4.88. The highest BCUT2D eigenvalue weighted by molar-refractivity contribution is 7.89. The Labute approximate surface area is 97.8 Å². The number of hydrogen-bond donors (Lipinski definition) is 2. The molecule has 98 valence electrons. The van der Waals surface area contributed by atoms with Crippen LogP contribution in [0.4, 0.5) is 8.78 Å². The van der Waals surface area contributed by atoms with Gasteiger partial charge >= 0.3 is 0 Å². The minimum Gasteiger partial charge on any atom is -0.329 e. The van der Waals surface area contributed by atoms with Gasteiger partial charge in [0.1, 0.15) is 11.4 Å². The van der Waals surface area contributed by atoms with Gasteiger partial charge in [0.25, 0.3) is 6.43 Å². The van der Waals surface area contributed by atoms with Crippen LogP contribution in [0, 0.1) is 0 Å². The largest absolute Gasteiger partial charge is 0.329 e. The fourth-order valence-corrected chi connectivity index (χ4v) is 2.31. The van der Waals surface area contributed by atoms with Crippen LogP contribution in [-0.4, -0.2) is 37.2 Å². The molecule has 0 fully saturated rings. The van der Waals surface area contributed by atoms with Crippen LogP contribution in [-0.2, 0) is 16.6 Å². The van der Waals surface area contributed by atoms with E-state index >= 15 is 0 Å². The van der Waals surface area contributed by atoms with E-state index in [1.807, 2.05) is 0 Å². The second-order valence-corrected chi connectivity index (χ2v) is 5.26. The molecule has 0 amide bonds. The lowest BCUT2D eigenvalue weighted by Gasteiger charge is -2.10. The van der Waals surface area contributed by atoms with Crippen LogP contribution >= 0.6 is 0 Å². The van der Waals surface area contributed by atoms with Crippen molar-refractivity contribution in [1.82, 2.24) is 14.5 Å². The minimum absolute atomic E-state index is 0.143. The summed E-state index contributed by atoms with van der Waals surface area (Å²) in [7, 11) is -3.74. The van der Waals surface area contributed by atoms with E-state index < -0.39 is 29.0 Å². The van der Waals surface area contributed by atoms with Crippen LogP contribution in [0.25, 0.3) is 0 Å². The van der Waals surface area contributed by atoms with Crippen LogP contribution in [0.2, 0.25) is 0 Å². The topological polar surface area (TPSA) is 90.0 Å². The summed E-state index contributed by atoms with van der Waals surface area (Å²) < 4.78 is 50.7. The van der Waals surface area contributed by atoms with Crippen molar-refractivity contribution in [2.24, 2.45) is 5.73 Å². The zero-order valence-corrected chi connectivity index (χ0v) is 9.99. The molecule has 0 saturated heterocycles. The summed E-state index contributed by atoms with van der Waals surface area (Å²) in [5.74, 6) is 0. The molecule has 0 spiro atoms. The summed E-state index contributed by atoms with van der Waals surface area (Å²) in [4.78, 5) is -0.154. The van der Waals surface area contributed by atoms with Crippen molar-refractivity contribution >= 4 is 10.0 Å². The maximum Gasteiger partial charge on any atom is 0.257 e. The molecule has 17 heavy (non-hydrogen) atoms. The normalized spacial score (nSPS) is 14.2. The van der Waals surface area contributed by atoms with Gasteiger partial charge in [0.05, 0.1) is 6.20 Å². The Kier molecular flexibility index (Phi) is 4.54. The summed E-state index contributed by atoms with van der Waals surface area (Å²) in [6, 6.07) is -0.432. The fraction of sp³-hybridized carbons (Fsp3) is 0.625. The van der Waals surface area contributed by atoms with Crippen molar-refractivity contribution in [1.29, 1.82) is 0 Å². The van der Waals surface area contributed by atoms with E-state index in [2.05, 4.69) is 9.82 Å². The number of halogens is 2. The second-order valence-electron chi connectivity index (χ2n) is 3.55.